The van der Waals surface area contributed by atoms with Gasteiger partial charge in [-0.2, -0.15) is 0 Å². The molecule has 22 heavy (non-hydrogen) atoms. The fraction of sp³-hybridized carbons (Fsp3) is 0.611. The van der Waals surface area contributed by atoms with E-state index in [9.17, 15) is 4.79 Å². The fourth-order valence-corrected chi connectivity index (χ4v) is 3.64. The molecule has 0 bridgehead atoms. The number of nitrogens with zero attached hydrogens (tertiary/aromatic N) is 1. The van der Waals surface area contributed by atoms with E-state index in [1.807, 2.05) is 0 Å². The summed E-state index contributed by atoms with van der Waals surface area (Å²) in [7, 11) is 0. The first-order valence-corrected chi connectivity index (χ1v) is 8.52. The van der Waals surface area contributed by atoms with Crippen LogP contribution >= 0.6 is 0 Å². The molecule has 1 amide bonds. The maximum atomic E-state index is 12.4. The maximum absolute atomic E-state index is 12.4. The standard InChI is InChI=1S/C18H27N3O/c19-18(10-4-5-11-18)17(22)20-16-8-12-21(13-9-16)14-15-6-2-1-3-7-15/h1-3,6-7,16H,4-5,8-14,19H2,(H,20,22). The van der Waals surface area contributed by atoms with Gasteiger partial charge in [0, 0.05) is 25.7 Å². The number of hydrogen-bond acceptors (Lipinski definition) is 3. The van der Waals surface area contributed by atoms with Crippen LogP contribution in [0, 0.1) is 0 Å². The van der Waals surface area contributed by atoms with Gasteiger partial charge in [0.2, 0.25) is 5.91 Å². The molecule has 0 atom stereocenters. The van der Waals surface area contributed by atoms with Crippen molar-refractivity contribution in [3.63, 3.8) is 0 Å². The number of nitrogens with one attached hydrogen (secondary N) is 1. The van der Waals surface area contributed by atoms with Gasteiger partial charge in [0.15, 0.2) is 0 Å². The van der Waals surface area contributed by atoms with Crippen molar-refractivity contribution in [2.75, 3.05) is 13.1 Å². The van der Waals surface area contributed by atoms with E-state index in [0.29, 0.717) is 6.04 Å². The van der Waals surface area contributed by atoms with Gasteiger partial charge in [0.25, 0.3) is 0 Å². The van der Waals surface area contributed by atoms with Crippen LogP contribution in [0.2, 0.25) is 0 Å². The molecule has 1 aliphatic heterocycles. The van der Waals surface area contributed by atoms with E-state index >= 15 is 0 Å². The van der Waals surface area contributed by atoms with E-state index in [0.717, 1.165) is 58.2 Å². The van der Waals surface area contributed by atoms with Gasteiger partial charge >= 0.3 is 0 Å². The van der Waals surface area contributed by atoms with Gasteiger partial charge < -0.3 is 11.1 Å². The van der Waals surface area contributed by atoms with Gasteiger partial charge in [0.1, 0.15) is 0 Å². The van der Waals surface area contributed by atoms with Crippen molar-refractivity contribution in [1.29, 1.82) is 0 Å². The molecule has 4 heteroatoms. The molecule has 3 N–H and O–H groups in total. The van der Waals surface area contributed by atoms with Gasteiger partial charge in [-0.15, -0.1) is 0 Å². The third-order valence-corrected chi connectivity index (χ3v) is 5.12. The van der Waals surface area contributed by atoms with E-state index < -0.39 is 5.54 Å². The van der Waals surface area contributed by atoms with Crippen LogP contribution in [-0.4, -0.2) is 35.5 Å². The first kappa shape index (κ1) is 15.5. The van der Waals surface area contributed by atoms with E-state index in [4.69, 9.17) is 5.73 Å². The smallest absolute Gasteiger partial charge is 0.240 e. The Hall–Kier alpha value is -1.39. The normalized spacial score (nSPS) is 22.6. The maximum Gasteiger partial charge on any atom is 0.240 e. The molecular weight excluding hydrogens is 274 g/mol. The molecule has 120 valence electrons. The molecule has 1 heterocycles. The monoisotopic (exact) mass is 301 g/mol. The minimum Gasteiger partial charge on any atom is -0.352 e. The number of nitrogens with two attached hydrogens (primary N) is 1. The predicted molar refractivity (Wildman–Crippen MR) is 88.3 cm³/mol. The molecule has 0 spiro atoms. The molecule has 1 aliphatic carbocycles. The van der Waals surface area contributed by atoms with E-state index in [2.05, 4.69) is 40.5 Å². The summed E-state index contributed by atoms with van der Waals surface area (Å²) in [6.45, 7) is 3.08. The van der Waals surface area contributed by atoms with Crippen LogP contribution in [0.25, 0.3) is 0 Å². The summed E-state index contributed by atoms with van der Waals surface area (Å²) in [6.07, 6.45) is 5.89. The topological polar surface area (TPSA) is 58.4 Å². The van der Waals surface area contributed by atoms with Crippen LogP contribution in [0.1, 0.15) is 44.1 Å². The molecule has 0 unspecified atom stereocenters. The van der Waals surface area contributed by atoms with Crippen molar-refractivity contribution in [2.45, 2.75) is 56.7 Å². The second-order valence-corrected chi connectivity index (χ2v) is 6.87. The van der Waals surface area contributed by atoms with Gasteiger partial charge in [-0.05, 0) is 31.2 Å². The third-order valence-electron chi connectivity index (χ3n) is 5.12. The SMILES string of the molecule is NC1(C(=O)NC2CCN(Cc3ccccc3)CC2)CCCC1. The Bertz CT molecular complexity index is 488. The second kappa shape index (κ2) is 6.80. The highest BCUT2D eigenvalue weighted by molar-refractivity contribution is 5.86. The summed E-state index contributed by atoms with van der Waals surface area (Å²) in [4.78, 5) is 14.8. The lowest BCUT2D eigenvalue weighted by Crippen LogP contribution is -2.56. The minimum atomic E-state index is -0.596. The number of rotatable bonds is 4. The molecule has 0 aromatic heterocycles. The van der Waals surface area contributed by atoms with Crippen LogP contribution < -0.4 is 11.1 Å². The summed E-state index contributed by atoms with van der Waals surface area (Å²) < 4.78 is 0. The van der Waals surface area contributed by atoms with Crippen molar-refractivity contribution in [2.24, 2.45) is 5.73 Å². The Morgan fingerprint density at radius 2 is 1.82 bits per heavy atom. The second-order valence-electron chi connectivity index (χ2n) is 6.87. The fourth-order valence-electron chi connectivity index (χ4n) is 3.64. The van der Waals surface area contributed by atoms with Crippen molar-refractivity contribution < 1.29 is 4.79 Å². The summed E-state index contributed by atoms with van der Waals surface area (Å²) in [5, 5.41) is 3.20. The van der Waals surface area contributed by atoms with Crippen molar-refractivity contribution in [3.8, 4) is 0 Å². The van der Waals surface area contributed by atoms with Gasteiger partial charge in [-0.1, -0.05) is 43.2 Å². The van der Waals surface area contributed by atoms with Crippen molar-refractivity contribution in [1.82, 2.24) is 10.2 Å². The number of benzene rings is 1. The van der Waals surface area contributed by atoms with Crippen LogP contribution in [-0.2, 0) is 11.3 Å². The lowest BCUT2D eigenvalue weighted by molar-refractivity contribution is -0.127. The Kier molecular flexibility index (Phi) is 4.79. The number of piperidine rings is 1. The van der Waals surface area contributed by atoms with Gasteiger partial charge in [-0.25, -0.2) is 0 Å². The molecule has 1 aromatic carbocycles. The molecule has 0 radical (unpaired) electrons. The minimum absolute atomic E-state index is 0.0755. The predicted octanol–water partition coefficient (Wildman–Crippen LogP) is 2.04. The number of carbonyl (C=O) groups excluding carboxylic acids is 1. The lowest BCUT2D eigenvalue weighted by atomic mass is 9.96. The molecule has 1 saturated heterocycles. The Labute approximate surface area is 133 Å². The Morgan fingerprint density at radius 1 is 1.18 bits per heavy atom. The summed E-state index contributed by atoms with van der Waals surface area (Å²) in [6, 6.07) is 10.9. The first-order valence-electron chi connectivity index (χ1n) is 8.52. The van der Waals surface area contributed by atoms with Gasteiger partial charge in [0.05, 0.1) is 5.54 Å². The van der Waals surface area contributed by atoms with E-state index in [1.165, 1.54) is 5.56 Å². The van der Waals surface area contributed by atoms with Crippen LogP contribution in [0.4, 0.5) is 0 Å². The third kappa shape index (κ3) is 3.68. The summed E-state index contributed by atoms with van der Waals surface area (Å²) in [5.41, 5.74) is 6.99. The average molecular weight is 301 g/mol. The molecule has 1 saturated carbocycles. The van der Waals surface area contributed by atoms with Crippen LogP contribution in [0.15, 0.2) is 30.3 Å². The highest BCUT2D eigenvalue weighted by atomic mass is 16.2. The molecular formula is C18H27N3O. The number of amides is 1. The van der Waals surface area contributed by atoms with Gasteiger partial charge in [-0.3, -0.25) is 9.69 Å². The van der Waals surface area contributed by atoms with Crippen LogP contribution in [0.3, 0.4) is 0 Å². The molecule has 4 nitrogen and oxygen atoms in total. The molecule has 3 rings (SSSR count). The molecule has 2 aliphatic rings. The van der Waals surface area contributed by atoms with E-state index in [-0.39, 0.29) is 5.91 Å². The quantitative estimate of drug-likeness (QED) is 0.895. The van der Waals surface area contributed by atoms with E-state index in [1.54, 1.807) is 0 Å². The zero-order chi connectivity index (χ0) is 15.4. The highest BCUT2D eigenvalue weighted by Crippen LogP contribution is 2.27. The largest absolute Gasteiger partial charge is 0.352 e. The highest BCUT2D eigenvalue weighted by Gasteiger charge is 2.38. The zero-order valence-electron chi connectivity index (χ0n) is 13.3. The lowest BCUT2D eigenvalue weighted by Gasteiger charge is -2.34. The Balaban J connectivity index is 1.45. The number of hydrogen-bond donors (Lipinski definition) is 2. The molecule has 2 fully saturated rings. The average Bonchev–Trinajstić information content (AvgIpc) is 2.98. The zero-order valence-corrected chi connectivity index (χ0v) is 13.3. The number of carbonyl (C=O) groups is 1. The number of likely N-dealkylation sites (tertiary alicyclic amines) is 1. The first-order chi connectivity index (χ1) is 10.7. The summed E-state index contributed by atoms with van der Waals surface area (Å²) >= 11 is 0. The van der Waals surface area contributed by atoms with Crippen LogP contribution in [0.5, 0.6) is 0 Å². The Morgan fingerprint density at radius 3 is 2.45 bits per heavy atom. The van der Waals surface area contributed by atoms with Crippen molar-refractivity contribution in [3.05, 3.63) is 35.9 Å². The molecule has 1 aromatic rings. The van der Waals surface area contributed by atoms with Crippen molar-refractivity contribution >= 4 is 5.91 Å². The summed E-state index contributed by atoms with van der Waals surface area (Å²) in [5.74, 6) is 0.0755.